The molecule has 0 aliphatic heterocycles. The molecule has 0 saturated heterocycles. The van der Waals surface area contributed by atoms with Gasteiger partial charge in [0.2, 0.25) is 5.91 Å². The zero-order chi connectivity index (χ0) is 27.8. The lowest BCUT2D eigenvalue weighted by molar-refractivity contribution is -0.131. The molecule has 1 amide bonds. The van der Waals surface area contributed by atoms with E-state index in [-0.39, 0.29) is 6.42 Å². The predicted molar refractivity (Wildman–Crippen MR) is 153 cm³/mol. The number of nitrogens with one attached hydrogen (secondary N) is 1. The Morgan fingerprint density at radius 3 is 1.70 bits per heavy atom. The van der Waals surface area contributed by atoms with Gasteiger partial charge in [-0.15, -0.1) is 0 Å². The zero-order valence-corrected chi connectivity index (χ0v) is 24.5. The number of hydrogen-bond acceptors (Lipinski definition) is 5. The molecule has 0 aromatic heterocycles. The van der Waals surface area contributed by atoms with Crippen LogP contribution in [0, 0.1) is 0 Å². The molecule has 8 heteroatoms. The summed E-state index contributed by atoms with van der Waals surface area (Å²) in [4.78, 5) is 12.4. The van der Waals surface area contributed by atoms with E-state index in [4.69, 9.17) is 0 Å². The Kier molecular flexibility index (Phi) is 23.5. The monoisotopic (exact) mass is 547 g/mol. The normalized spacial score (nSPS) is 14.6. The third-order valence-corrected chi connectivity index (χ3v) is 7.61. The number of rotatable bonds is 26. The summed E-state index contributed by atoms with van der Waals surface area (Å²) in [5.41, 5.74) is 0. The van der Waals surface area contributed by atoms with Gasteiger partial charge in [-0.25, -0.2) is 0 Å². The number of amides is 1. The van der Waals surface area contributed by atoms with E-state index in [1.807, 2.05) is 0 Å². The molecule has 0 aliphatic carbocycles. The molecule has 0 heterocycles. The van der Waals surface area contributed by atoms with Crippen molar-refractivity contribution in [2.75, 3.05) is 5.75 Å². The maximum absolute atomic E-state index is 12.4. The summed E-state index contributed by atoms with van der Waals surface area (Å²) in [6, 6.07) is -1.14. The Labute approximate surface area is 227 Å². The first kappa shape index (κ1) is 36.0. The van der Waals surface area contributed by atoms with E-state index in [0.717, 1.165) is 51.4 Å². The number of carbonyl (C=O) groups is 1. The number of hydrogen-bond donors (Lipinski definition) is 4. The van der Waals surface area contributed by atoms with E-state index in [9.17, 15) is 28.0 Å². The van der Waals surface area contributed by atoms with Crippen LogP contribution >= 0.6 is 0 Å². The fourth-order valence-electron chi connectivity index (χ4n) is 4.44. The maximum Gasteiger partial charge on any atom is 0.266 e. The Morgan fingerprint density at radius 1 is 0.703 bits per heavy atom. The Bertz CT molecular complexity index is 667. The van der Waals surface area contributed by atoms with Crippen LogP contribution in [0.25, 0.3) is 0 Å². The van der Waals surface area contributed by atoms with E-state index < -0.39 is 40.0 Å². The number of carbonyl (C=O) groups excluding carboxylic acids is 1. The highest BCUT2D eigenvalue weighted by molar-refractivity contribution is 7.85. The van der Waals surface area contributed by atoms with Crippen LogP contribution in [0.1, 0.15) is 142 Å². The molecule has 7 nitrogen and oxygen atoms in total. The molecule has 0 radical (unpaired) electrons. The Hall–Kier alpha value is -0.960. The zero-order valence-electron chi connectivity index (χ0n) is 23.7. The van der Waals surface area contributed by atoms with Crippen molar-refractivity contribution in [3.05, 3.63) is 12.2 Å². The van der Waals surface area contributed by atoms with Gasteiger partial charge in [0.1, 0.15) is 6.10 Å². The van der Waals surface area contributed by atoms with Crippen molar-refractivity contribution >= 4 is 16.0 Å². The maximum atomic E-state index is 12.4. The lowest BCUT2D eigenvalue weighted by Gasteiger charge is -2.24. The van der Waals surface area contributed by atoms with Gasteiger partial charge >= 0.3 is 0 Å². The van der Waals surface area contributed by atoms with Crippen molar-refractivity contribution in [2.24, 2.45) is 0 Å². The smallest absolute Gasteiger partial charge is 0.266 e. The molecule has 0 aromatic rings. The van der Waals surface area contributed by atoms with Crippen molar-refractivity contribution in [1.82, 2.24) is 5.32 Å². The first-order valence-electron chi connectivity index (χ1n) is 15.0. The molecule has 3 unspecified atom stereocenters. The van der Waals surface area contributed by atoms with Crippen molar-refractivity contribution in [3.63, 3.8) is 0 Å². The van der Waals surface area contributed by atoms with Gasteiger partial charge in [-0.1, -0.05) is 122 Å². The van der Waals surface area contributed by atoms with Crippen LogP contribution in [0.5, 0.6) is 0 Å². The van der Waals surface area contributed by atoms with Crippen LogP contribution in [0.2, 0.25) is 0 Å². The van der Waals surface area contributed by atoms with Crippen LogP contribution in [0.3, 0.4) is 0 Å². The molecule has 0 aromatic carbocycles. The Balaban J connectivity index is 4.23. The lowest BCUT2D eigenvalue weighted by atomic mass is 10.0. The highest BCUT2D eigenvalue weighted by Gasteiger charge is 2.28. The minimum atomic E-state index is -4.39. The van der Waals surface area contributed by atoms with Crippen LogP contribution < -0.4 is 5.32 Å². The molecule has 3 atom stereocenters. The van der Waals surface area contributed by atoms with Crippen LogP contribution in [-0.4, -0.2) is 53.1 Å². The highest BCUT2D eigenvalue weighted by atomic mass is 32.2. The summed E-state index contributed by atoms with van der Waals surface area (Å²) in [6.45, 7) is 4.39. The second kappa shape index (κ2) is 24.1. The van der Waals surface area contributed by atoms with E-state index in [2.05, 4.69) is 31.3 Å². The van der Waals surface area contributed by atoms with Crippen LogP contribution in [-0.2, 0) is 14.9 Å². The fourth-order valence-corrected chi connectivity index (χ4v) is 5.20. The number of aliphatic hydroxyl groups is 2. The minimum Gasteiger partial charge on any atom is -0.391 e. The Morgan fingerprint density at radius 2 is 1.16 bits per heavy atom. The van der Waals surface area contributed by atoms with E-state index in [0.29, 0.717) is 19.3 Å². The number of aliphatic hydroxyl groups excluding tert-OH is 2. The standard InChI is InChI=1S/C29H57NO6S/c1-3-5-7-9-11-13-15-17-19-21-23-27(31)26(25-37(34,35)36)30-29(33)28(32)24-22-20-18-16-14-12-10-8-6-4-2/h10,12,26-28,31-32H,3-9,11,13-25H2,1-2H3,(H,30,33)(H,34,35,36)/b12-10-. The molecular weight excluding hydrogens is 490 g/mol. The van der Waals surface area contributed by atoms with Gasteiger partial charge in [-0.3, -0.25) is 9.35 Å². The molecular formula is C29H57NO6S. The molecule has 37 heavy (non-hydrogen) atoms. The average molecular weight is 548 g/mol. The number of allylic oxidation sites excluding steroid dienone is 2. The van der Waals surface area contributed by atoms with Crippen molar-refractivity contribution < 1.29 is 28.0 Å². The minimum absolute atomic E-state index is 0.283. The van der Waals surface area contributed by atoms with Crippen LogP contribution in [0.15, 0.2) is 12.2 Å². The summed E-state index contributed by atoms with van der Waals surface area (Å²) in [7, 11) is -4.39. The molecule has 4 N–H and O–H groups in total. The van der Waals surface area contributed by atoms with Gasteiger partial charge in [-0.05, 0) is 32.1 Å². The van der Waals surface area contributed by atoms with Gasteiger partial charge in [0.25, 0.3) is 10.1 Å². The fraction of sp³-hybridized carbons (Fsp3) is 0.897. The average Bonchev–Trinajstić information content (AvgIpc) is 2.84. The number of unbranched alkanes of at least 4 members (excludes halogenated alkanes) is 15. The SMILES string of the molecule is CCCC/C=C\CCCCCCC(O)C(=O)NC(CS(=O)(=O)O)C(O)CCCCCCCCCCCC. The van der Waals surface area contributed by atoms with Gasteiger partial charge in [0, 0.05) is 0 Å². The summed E-state index contributed by atoms with van der Waals surface area (Å²) >= 11 is 0. The third-order valence-electron chi connectivity index (χ3n) is 6.83. The van der Waals surface area contributed by atoms with Crippen molar-refractivity contribution in [1.29, 1.82) is 0 Å². The predicted octanol–water partition coefficient (Wildman–Crippen LogP) is 6.48. The molecule has 220 valence electrons. The quantitative estimate of drug-likeness (QED) is 0.0558. The summed E-state index contributed by atoms with van der Waals surface area (Å²) in [5, 5.41) is 23.2. The molecule has 0 bridgehead atoms. The van der Waals surface area contributed by atoms with E-state index in [1.165, 1.54) is 51.4 Å². The lowest BCUT2D eigenvalue weighted by Crippen LogP contribution is -2.50. The molecule has 0 spiro atoms. The van der Waals surface area contributed by atoms with Gasteiger partial charge in [0.05, 0.1) is 17.9 Å². The molecule has 0 saturated carbocycles. The molecule has 0 aliphatic rings. The first-order chi connectivity index (χ1) is 17.7. The highest BCUT2D eigenvalue weighted by Crippen LogP contribution is 2.14. The summed E-state index contributed by atoms with van der Waals surface area (Å²) < 4.78 is 32.2. The summed E-state index contributed by atoms with van der Waals surface area (Å²) in [6.07, 6.45) is 22.4. The van der Waals surface area contributed by atoms with E-state index in [1.54, 1.807) is 0 Å². The van der Waals surface area contributed by atoms with Crippen LogP contribution in [0.4, 0.5) is 0 Å². The first-order valence-corrected chi connectivity index (χ1v) is 16.6. The van der Waals surface area contributed by atoms with Gasteiger partial charge < -0.3 is 15.5 Å². The largest absolute Gasteiger partial charge is 0.391 e. The third kappa shape index (κ3) is 23.9. The van der Waals surface area contributed by atoms with E-state index >= 15 is 0 Å². The van der Waals surface area contributed by atoms with Gasteiger partial charge in [0.15, 0.2) is 0 Å². The van der Waals surface area contributed by atoms with Gasteiger partial charge in [-0.2, -0.15) is 8.42 Å². The molecule has 0 rings (SSSR count). The van der Waals surface area contributed by atoms with Crippen molar-refractivity contribution in [2.45, 2.75) is 161 Å². The second-order valence-corrected chi connectivity index (χ2v) is 12.0. The molecule has 0 fully saturated rings. The summed E-state index contributed by atoms with van der Waals surface area (Å²) in [5.74, 6) is -1.47. The van der Waals surface area contributed by atoms with Crippen molar-refractivity contribution in [3.8, 4) is 0 Å². The topological polar surface area (TPSA) is 124 Å². The second-order valence-electron chi connectivity index (χ2n) is 10.5.